The van der Waals surface area contributed by atoms with Crippen molar-refractivity contribution in [2.24, 2.45) is 0 Å². The van der Waals surface area contributed by atoms with Crippen molar-refractivity contribution < 1.29 is 13.2 Å². The van der Waals surface area contributed by atoms with Crippen LogP contribution in [0.4, 0.5) is 0 Å². The Labute approximate surface area is 99.0 Å². The molecule has 0 aliphatic heterocycles. The summed E-state index contributed by atoms with van der Waals surface area (Å²) >= 11 is 0. The first kappa shape index (κ1) is 13.0. The fourth-order valence-electron chi connectivity index (χ4n) is 1.30. The van der Waals surface area contributed by atoms with Crippen molar-refractivity contribution in [2.45, 2.75) is 18.7 Å². The van der Waals surface area contributed by atoms with Crippen molar-refractivity contribution in [1.29, 1.82) is 0 Å². The summed E-state index contributed by atoms with van der Waals surface area (Å²) in [6, 6.07) is 4.16. The Morgan fingerprint density at radius 3 is 2.50 bits per heavy atom. The Bertz CT molecular complexity index is 511. The van der Waals surface area contributed by atoms with Crippen LogP contribution in [0.5, 0.6) is 0 Å². The van der Waals surface area contributed by atoms with Crippen molar-refractivity contribution in [2.75, 3.05) is 6.54 Å². The third kappa shape index (κ3) is 2.96. The molecule has 0 aliphatic rings. The Morgan fingerprint density at radius 2 is 2.06 bits per heavy atom. The van der Waals surface area contributed by atoms with Crippen LogP contribution in [0.15, 0.2) is 23.1 Å². The largest absolute Gasteiger partial charge is 0.352 e. The molecule has 0 saturated heterocycles. The van der Waals surface area contributed by atoms with Gasteiger partial charge in [0.1, 0.15) is 0 Å². The molecule has 0 unspecified atom stereocenters. The van der Waals surface area contributed by atoms with Gasteiger partial charge < -0.3 is 5.32 Å². The van der Waals surface area contributed by atoms with Crippen LogP contribution in [0.1, 0.15) is 22.8 Å². The number of carbonyl (C=O) groups excluding carboxylic acids is 1. The highest BCUT2D eigenvalue weighted by molar-refractivity contribution is 8.13. The van der Waals surface area contributed by atoms with E-state index in [9.17, 15) is 13.2 Å². The summed E-state index contributed by atoms with van der Waals surface area (Å²) in [5, 5.41) is 2.64. The van der Waals surface area contributed by atoms with Crippen molar-refractivity contribution in [1.82, 2.24) is 5.32 Å². The molecular formula is C10H12ClNO3S. The lowest BCUT2D eigenvalue weighted by Gasteiger charge is -2.06. The molecule has 0 heterocycles. The normalized spacial score (nSPS) is 11.2. The second kappa shape index (κ2) is 4.84. The van der Waals surface area contributed by atoms with Gasteiger partial charge in [-0.3, -0.25) is 4.79 Å². The molecule has 1 aromatic carbocycles. The second-order valence-corrected chi connectivity index (χ2v) is 5.84. The zero-order valence-corrected chi connectivity index (χ0v) is 10.5. The average molecular weight is 262 g/mol. The van der Waals surface area contributed by atoms with Crippen LogP contribution in [-0.4, -0.2) is 20.9 Å². The summed E-state index contributed by atoms with van der Waals surface area (Å²) < 4.78 is 22.1. The Kier molecular flexibility index (Phi) is 3.93. The maximum Gasteiger partial charge on any atom is 0.261 e. The fourth-order valence-corrected chi connectivity index (χ4v) is 2.13. The molecule has 88 valence electrons. The van der Waals surface area contributed by atoms with Crippen molar-refractivity contribution >= 4 is 25.6 Å². The van der Waals surface area contributed by atoms with Gasteiger partial charge in [-0.2, -0.15) is 0 Å². The standard InChI is InChI=1S/C10H12ClNO3S/c1-3-12-10(13)9-5-4-8(6-7(9)2)16(11,14)15/h4-6H,3H2,1-2H3,(H,12,13). The summed E-state index contributed by atoms with van der Waals surface area (Å²) in [5.74, 6) is -0.224. The second-order valence-electron chi connectivity index (χ2n) is 3.27. The van der Waals surface area contributed by atoms with Gasteiger partial charge in [-0.1, -0.05) is 0 Å². The van der Waals surface area contributed by atoms with Gasteiger partial charge in [0.2, 0.25) is 0 Å². The molecule has 0 atom stereocenters. The quantitative estimate of drug-likeness (QED) is 0.842. The minimum Gasteiger partial charge on any atom is -0.352 e. The van der Waals surface area contributed by atoms with E-state index in [2.05, 4.69) is 5.32 Å². The number of benzene rings is 1. The minimum absolute atomic E-state index is 0.000264. The van der Waals surface area contributed by atoms with Crippen LogP contribution >= 0.6 is 10.7 Å². The smallest absolute Gasteiger partial charge is 0.261 e. The summed E-state index contributed by atoms with van der Waals surface area (Å²) in [7, 11) is 1.46. The van der Waals surface area contributed by atoms with Crippen LogP contribution in [0.25, 0.3) is 0 Å². The lowest BCUT2D eigenvalue weighted by molar-refractivity contribution is 0.0955. The fraction of sp³-hybridized carbons (Fsp3) is 0.300. The molecule has 1 amide bonds. The van der Waals surface area contributed by atoms with Crippen LogP contribution < -0.4 is 5.32 Å². The van der Waals surface area contributed by atoms with Crippen LogP contribution in [-0.2, 0) is 9.05 Å². The van der Waals surface area contributed by atoms with Gasteiger partial charge in [0, 0.05) is 22.8 Å². The molecule has 0 aliphatic carbocycles. The van der Waals surface area contributed by atoms with E-state index < -0.39 is 9.05 Å². The van der Waals surface area contributed by atoms with E-state index >= 15 is 0 Å². The lowest BCUT2D eigenvalue weighted by Crippen LogP contribution is -2.23. The van der Waals surface area contributed by atoms with E-state index in [4.69, 9.17) is 10.7 Å². The predicted octanol–water partition coefficient (Wildman–Crippen LogP) is 1.67. The monoisotopic (exact) mass is 261 g/mol. The SMILES string of the molecule is CCNC(=O)c1ccc(S(=O)(=O)Cl)cc1C. The molecule has 0 bridgehead atoms. The van der Waals surface area contributed by atoms with Crippen LogP contribution in [0.3, 0.4) is 0 Å². The Morgan fingerprint density at radius 1 is 1.44 bits per heavy atom. The van der Waals surface area contributed by atoms with Gasteiger partial charge >= 0.3 is 0 Å². The average Bonchev–Trinajstić information content (AvgIpc) is 2.16. The molecule has 4 nitrogen and oxygen atoms in total. The number of amides is 1. The van der Waals surface area contributed by atoms with Gasteiger partial charge in [0.05, 0.1) is 4.90 Å². The molecule has 1 rings (SSSR count). The van der Waals surface area contributed by atoms with E-state index in [-0.39, 0.29) is 10.8 Å². The molecule has 0 aromatic heterocycles. The number of nitrogens with one attached hydrogen (secondary N) is 1. The molecule has 1 N–H and O–H groups in total. The lowest BCUT2D eigenvalue weighted by atomic mass is 10.1. The van der Waals surface area contributed by atoms with E-state index in [1.165, 1.54) is 18.2 Å². The predicted molar refractivity (Wildman–Crippen MR) is 62.2 cm³/mol. The Hall–Kier alpha value is -1.07. The van der Waals surface area contributed by atoms with E-state index in [1.54, 1.807) is 6.92 Å². The highest BCUT2D eigenvalue weighted by atomic mass is 35.7. The number of hydrogen-bond donors (Lipinski definition) is 1. The molecule has 6 heteroatoms. The first-order valence-electron chi connectivity index (χ1n) is 4.69. The topological polar surface area (TPSA) is 63.2 Å². The third-order valence-electron chi connectivity index (χ3n) is 2.06. The summed E-state index contributed by atoms with van der Waals surface area (Å²) in [6.07, 6.45) is 0. The first-order chi connectivity index (χ1) is 7.36. The van der Waals surface area contributed by atoms with Crippen molar-refractivity contribution in [3.8, 4) is 0 Å². The van der Waals surface area contributed by atoms with Gasteiger partial charge in [0.25, 0.3) is 15.0 Å². The molecular weight excluding hydrogens is 250 g/mol. The number of halogens is 1. The molecule has 0 saturated carbocycles. The van der Waals surface area contributed by atoms with Crippen LogP contribution in [0.2, 0.25) is 0 Å². The minimum atomic E-state index is -3.74. The van der Waals surface area contributed by atoms with E-state index in [0.717, 1.165) is 0 Å². The van der Waals surface area contributed by atoms with Crippen molar-refractivity contribution in [3.05, 3.63) is 29.3 Å². The highest BCUT2D eigenvalue weighted by Crippen LogP contribution is 2.18. The maximum atomic E-state index is 11.5. The molecule has 16 heavy (non-hydrogen) atoms. The van der Waals surface area contributed by atoms with Crippen molar-refractivity contribution in [3.63, 3.8) is 0 Å². The molecule has 0 radical (unpaired) electrons. The molecule has 0 spiro atoms. The molecule has 0 fully saturated rings. The molecule has 1 aromatic rings. The van der Waals surface area contributed by atoms with Gasteiger partial charge in [0.15, 0.2) is 0 Å². The number of hydrogen-bond acceptors (Lipinski definition) is 3. The van der Waals surface area contributed by atoms with E-state index in [0.29, 0.717) is 17.7 Å². The van der Waals surface area contributed by atoms with E-state index in [1.807, 2.05) is 6.92 Å². The third-order valence-corrected chi connectivity index (χ3v) is 3.41. The van der Waals surface area contributed by atoms with Crippen LogP contribution in [0, 0.1) is 6.92 Å². The van der Waals surface area contributed by atoms with Gasteiger partial charge in [-0.25, -0.2) is 8.42 Å². The zero-order chi connectivity index (χ0) is 12.3. The number of aryl methyl sites for hydroxylation is 1. The number of carbonyl (C=O) groups is 1. The zero-order valence-electron chi connectivity index (χ0n) is 8.95. The highest BCUT2D eigenvalue weighted by Gasteiger charge is 2.14. The van der Waals surface area contributed by atoms with Gasteiger partial charge in [-0.15, -0.1) is 0 Å². The Balaban J connectivity index is 3.15. The summed E-state index contributed by atoms with van der Waals surface area (Å²) in [6.45, 7) is 3.99. The van der Waals surface area contributed by atoms with Gasteiger partial charge in [-0.05, 0) is 37.6 Å². The maximum absolute atomic E-state index is 11.5. The number of rotatable bonds is 3. The summed E-state index contributed by atoms with van der Waals surface area (Å²) in [5.41, 5.74) is 1.03. The summed E-state index contributed by atoms with van der Waals surface area (Å²) in [4.78, 5) is 11.5. The first-order valence-corrected chi connectivity index (χ1v) is 7.00.